The number of nitrogens with two attached hydrogens (primary N) is 1. The summed E-state index contributed by atoms with van der Waals surface area (Å²) >= 11 is 0. The Bertz CT molecular complexity index is 642. The molecule has 1 heterocycles. The van der Waals surface area contributed by atoms with Gasteiger partial charge in [0.15, 0.2) is 11.5 Å². The normalized spacial score (nSPS) is 11.6. The highest BCUT2D eigenvalue weighted by molar-refractivity contribution is 5.80. The van der Waals surface area contributed by atoms with Gasteiger partial charge in [0.1, 0.15) is 0 Å². The lowest BCUT2D eigenvalue weighted by Crippen LogP contribution is -2.37. The van der Waals surface area contributed by atoms with Gasteiger partial charge in [-0.05, 0) is 31.5 Å². The van der Waals surface area contributed by atoms with Crippen LogP contribution in [0.2, 0.25) is 0 Å². The van der Waals surface area contributed by atoms with Crippen molar-refractivity contribution in [2.24, 2.45) is 5.73 Å². The van der Waals surface area contributed by atoms with Crippen molar-refractivity contribution in [2.45, 2.75) is 26.4 Å². The summed E-state index contributed by atoms with van der Waals surface area (Å²) in [5.74, 6) is 1.54. The van der Waals surface area contributed by atoms with E-state index in [2.05, 4.69) is 10.3 Å². The Kier molecular flexibility index (Phi) is 5.94. The molecule has 122 valence electrons. The van der Waals surface area contributed by atoms with Gasteiger partial charge in [-0.2, -0.15) is 0 Å². The van der Waals surface area contributed by atoms with E-state index in [1.165, 1.54) is 0 Å². The number of ether oxygens (including phenoxy) is 2. The molecule has 0 unspecified atom stereocenters. The van der Waals surface area contributed by atoms with Crippen molar-refractivity contribution >= 4 is 5.91 Å². The molecular formula is C17H21N3O3. The smallest absolute Gasteiger partial charge is 0.236 e. The van der Waals surface area contributed by atoms with Crippen LogP contribution in [0.3, 0.4) is 0 Å². The average molecular weight is 315 g/mol. The van der Waals surface area contributed by atoms with Gasteiger partial charge in [0.25, 0.3) is 0 Å². The van der Waals surface area contributed by atoms with Crippen LogP contribution in [-0.4, -0.2) is 23.5 Å². The molecule has 0 saturated carbocycles. The predicted molar refractivity (Wildman–Crippen MR) is 87.4 cm³/mol. The molecule has 1 aromatic heterocycles. The molecule has 3 N–H and O–H groups in total. The number of amides is 1. The van der Waals surface area contributed by atoms with Gasteiger partial charge >= 0.3 is 0 Å². The number of rotatable bonds is 7. The molecule has 1 amide bonds. The van der Waals surface area contributed by atoms with E-state index in [0.29, 0.717) is 30.5 Å². The van der Waals surface area contributed by atoms with Gasteiger partial charge in [0, 0.05) is 18.8 Å². The molecule has 0 radical (unpaired) electrons. The Labute approximate surface area is 135 Å². The van der Waals surface area contributed by atoms with Gasteiger partial charge in [-0.25, -0.2) is 4.98 Å². The molecule has 6 heteroatoms. The minimum absolute atomic E-state index is 0.198. The van der Waals surface area contributed by atoms with Crippen molar-refractivity contribution in [3.05, 3.63) is 48.2 Å². The van der Waals surface area contributed by atoms with Crippen LogP contribution in [0, 0.1) is 0 Å². The molecule has 0 aliphatic rings. The molecule has 2 rings (SSSR count). The molecular weight excluding hydrogens is 294 g/mol. The number of benzene rings is 1. The number of carbonyl (C=O) groups is 1. The molecule has 0 spiro atoms. The fourth-order valence-electron chi connectivity index (χ4n) is 1.85. The third-order valence-corrected chi connectivity index (χ3v) is 3.04. The summed E-state index contributed by atoms with van der Waals surface area (Å²) in [4.78, 5) is 15.7. The highest BCUT2D eigenvalue weighted by Gasteiger charge is 2.08. The quantitative estimate of drug-likeness (QED) is 0.818. The molecule has 0 bridgehead atoms. The zero-order chi connectivity index (χ0) is 16.7. The lowest BCUT2D eigenvalue weighted by Gasteiger charge is -2.11. The summed E-state index contributed by atoms with van der Waals surface area (Å²) < 4.78 is 11.2. The first-order chi connectivity index (χ1) is 11.1. The van der Waals surface area contributed by atoms with Crippen LogP contribution >= 0.6 is 0 Å². The second kappa shape index (κ2) is 8.14. The highest BCUT2D eigenvalue weighted by atomic mass is 16.5. The van der Waals surface area contributed by atoms with Crippen LogP contribution in [0.4, 0.5) is 0 Å². The number of pyridine rings is 1. The molecule has 2 aromatic rings. The Morgan fingerprint density at radius 1 is 1.26 bits per heavy atom. The molecule has 1 atom stereocenters. The van der Waals surface area contributed by atoms with E-state index in [1.54, 1.807) is 19.2 Å². The third kappa shape index (κ3) is 4.96. The standard InChI is InChI=1S/C17H21N3O3/c1-3-22-14-6-4-5-7-15(14)23-16-9-8-13(10-19-16)11-20-17(21)12(2)18/h4-10,12H,3,11,18H2,1-2H3,(H,20,21)/t12-/m1/s1. The van der Waals surface area contributed by atoms with Gasteiger partial charge in [-0.1, -0.05) is 18.2 Å². The lowest BCUT2D eigenvalue weighted by atomic mass is 10.2. The zero-order valence-corrected chi connectivity index (χ0v) is 13.3. The van der Waals surface area contributed by atoms with E-state index in [9.17, 15) is 4.79 Å². The maximum absolute atomic E-state index is 11.4. The Hall–Kier alpha value is -2.60. The Morgan fingerprint density at radius 3 is 2.61 bits per heavy atom. The lowest BCUT2D eigenvalue weighted by molar-refractivity contribution is -0.122. The number of nitrogens with one attached hydrogen (secondary N) is 1. The van der Waals surface area contributed by atoms with E-state index in [1.807, 2.05) is 37.3 Å². The number of carbonyl (C=O) groups excluding carboxylic acids is 1. The van der Waals surface area contributed by atoms with Gasteiger partial charge in [-0.3, -0.25) is 4.79 Å². The number of nitrogens with zero attached hydrogens (tertiary/aromatic N) is 1. The zero-order valence-electron chi connectivity index (χ0n) is 13.3. The van der Waals surface area contributed by atoms with Crippen molar-refractivity contribution < 1.29 is 14.3 Å². The van der Waals surface area contributed by atoms with Crippen molar-refractivity contribution in [2.75, 3.05) is 6.61 Å². The van der Waals surface area contributed by atoms with Gasteiger partial charge in [-0.15, -0.1) is 0 Å². The van der Waals surface area contributed by atoms with Crippen LogP contribution in [0.25, 0.3) is 0 Å². The number of aromatic nitrogens is 1. The van der Waals surface area contributed by atoms with E-state index in [4.69, 9.17) is 15.2 Å². The van der Waals surface area contributed by atoms with Crippen molar-refractivity contribution in [3.63, 3.8) is 0 Å². The van der Waals surface area contributed by atoms with Crippen LogP contribution in [-0.2, 0) is 11.3 Å². The van der Waals surface area contributed by atoms with Gasteiger partial charge < -0.3 is 20.5 Å². The maximum atomic E-state index is 11.4. The predicted octanol–water partition coefficient (Wildman–Crippen LogP) is 2.24. The number of para-hydroxylation sites is 2. The minimum Gasteiger partial charge on any atom is -0.490 e. The van der Waals surface area contributed by atoms with Crippen LogP contribution in [0.5, 0.6) is 17.4 Å². The van der Waals surface area contributed by atoms with Crippen molar-refractivity contribution in [1.29, 1.82) is 0 Å². The van der Waals surface area contributed by atoms with Gasteiger partial charge in [0.2, 0.25) is 11.8 Å². The fourth-order valence-corrected chi connectivity index (χ4v) is 1.85. The van der Waals surface area contributed by atoms with E-state index >= 15 is 0 Å². The van der Waals surface area contributed by atoms with Crippen LogP contribution < -0.4 is 20.5 Å². The molecule has 23 heavy (non-hydrogen) atoms. The molecule has 6 nitrogen and oxygen atoms in total. The van der Waals surface area contributed by atoms with E-state index in [0.717, 1.165) is 5.56 Å². The maximum Gasteiger partial charge on any atom is 0.236 e. The van der Waals surface area contributed by atoms with E-state index in [-0.39, 0.29) is 5.91 Å². The summed E-state index contributed by atoms with van der Waals surface area (Å²) in [5.41, 5.74) is 6.35. The molecule has 0 aliphatic heterocycles. The largest absolute Gasteiger partial charge is 0.490 e. The Morgan fingerprint density at radius 2 is 2.00 bits per heavy atom. The first kappa shape index (κ1) is 16.8. The third-order valence-electron chi connectivity index (χ3n) is 3.04. The second-order valence-corrected chi connectivity index (χ2v) is 4.99. The number of hydrogen-bond acceptors (Lipinski definition) is 5. The summed E-state index contributed by atoms with van der Waals surface area (Å²) in [5, 5.41) is 2.73. The molecule has 0 aliphatic carbocycles. The summed E-state index contributed by atoms with van der Waals surface area (Å²) in [6, 6.07) is 10.5. The van der Waals surface area contributed by atoms with Crippen molar-refractivity contribution in [3.8, 4) is 17.4 Å². The Balaban J connectivity index is 1.99. The van der Waals surface area contributed by atoms with E-state index < -0.39 is 6.04 Å². The minimum atomic E-state index is -0.527. The van der Waals surface area contributed by atoms with Gasteiger partial charge in [0.05, 0.1) is 12.6 Å². The fraction of sp³-hybridized carbons (Fsp3) is 0.294. The SMILES string of the molecule is CCOc1ccccc1Oc1ccc(CNC(=O)[C@@H](C)N)cn1. The number of hydrogen-bond donors (Lipinski definition) is 2. The highest BCUT2D eigenvalue weighted by Crippen LogP contribution is 2.30. The molecule has 1 aromatic carbocycles. The molecule has 0 fully saturated rings. The first-order valence-corrected chi connectivity index (χ1v) is 7.48. The summed E-state index contributed by atoms with van der Waals surface area (Å²) in [7, 11) is 0. The summed E-state index contributed by atoms with van der Waals surface area (Å²) in [6.45, 7) is 4.50. The first-order valence-electron chi connectivity index (χ1n) is 7.48. The average Bonchev–Trinajstić information content (AvgIpc) is 2.56. The van der Waals surface area contributed by atoms with Crippen molar-refractivity contribution in [1.82, 2.24) is 10.3 Å². The second-order valence-electron chi connectivity index (χ2n) is 4.99. The van der Waals surface area contributed by atoms with Crippen LogP contribution in [0.1, 0.15) is 19.4 Å². The monoisotopic (exact) mass is 315 g/mol. The molecule has 0 saturated heterocycles. The topological polar surface area (TPSA) is 86.5 Å². The van der Waals surface area contributed by atoms with Crippen LogP contribution in [0.15, 0.2) is 42.6 Å². The summed E-state index contributed by atoms with van der Waals surface area (Å²) in [6.07, 6.45) is 1.65.